The van der Waals surface area contributed by atoms with Crippen LogP contribution in [0.25, 0.3) is 21.3 Å². The van der Waals surface area contributed by atoms with Crippen molar-refractivity contribution in [1.82, 2.24) is 14.5 Å². The number of aryl methyl sites for hydroxylation is 1. The lowest BCUT2D eigenvalue weighted by atomic mass is 10.2. The van der Waals surface area contributed by atoms with Gasteiger partial charge in [-0.2, -0.15) is 4.99 Å². The standard InChI is InChI=1S/C22H20N4O3S/c1-3-14-5-8-18-19(11-14)30-22(26(18)13-20(27)29-4-2)25-21(28)15-6-7-16-17(12-15)24-10-9-23-16/h5-12H,3-4,13H2,1-2H3. The topological polar surface area (TPSA) is 86.4 Å². The van der Waals surface area contributed by atoms with Crippen molar-refractivity contribution in [3.8, 4) is 0 Å². The summed E-state index contributed by atoms with van der Waals surface area (Å²) in [5.74, 6) is -0.769. The van der Waals surface area contributed by atoms with E-state index in [1.165, 1.54) is 16.9 Å². The van der Waals surface area contributed by atoms with Crippen LogP contribution in [0.5, 0.6) is 0 Å². The highest BCUT2D eigenvalue weighted by Crippen LogP contribution is 2.20. The third-order valence-electron chi connectivity index (χ3n) is 4.66. The summed E-state index contributed by atoms with van der Waals surface area (Å²) in [6.07, 6.45) is 4.09. The molecule has 4 rings (SSSR count). The van der Waals surface area contributed by atoms with Crippen molar-refractivity contribution in [3.05, 3.63) is 64.7 Å². The largest absolute Gasteiger partial charge is 0.465 e. The number of ether oxygens (including phenoxy) is 1. The van der Waals surface area contributed by atoms with Gasteiger partial charge < -0.3 is 9.30 Å². The molecule has 0 aliphatic carbocycles. The zero-order valence-electron chi connectivity index (χ0n) is 16.7. The Balaban J connectivity index is 1.81. The van der Waals surface area contributed by atoms with E-state index in [1.54, 1.807) is 42.1 Å². The van der Waals surface area contributed by atoms with Gasteiger partial charge in [0.2, 0.25) is 0 Å². The second kappa shape index (κ2) is 8.54. The Kier molecular flexibility index (Phi) is 5.67. The number of thiazole rings is 1. The molecule has 0 N–H and O–H groups in total. The van der Waals surface area contributed by atoms with Gasteiger partial charge in [-0.1, -0.05) is 24.3 Å². The molecule has 30 heavy (non-hydrogen) atoms. The van der Waals surface area contributed by atoms with Crippen LogP contribution in [0.1, 0.15) is 29.8 Å². The summed E-state index contributed by atoms with van der Waals surface area (Å²) >= 11 is 1.38. The highest BCUT2D eigenvalue weighted by Gasteiger charge is 2.14. The number of aromatic nitrogens is 3. The smallest absolute Gasteiger partial charge is 0.326 e. The second-order valence-electron chi connectivity index (χ2n) is 6.61. The molecule has 0 bridgehead atoms. The molecule has 0 radical (unpaired) electrons. The van der Waals surface area contributed by atoms with E-state index in [0.29, 0.717) is 28.0 Å². The Morgan fingerprint density at radius 1 is 1.07 bits per heavy atom. The normalized spacial score (nSPS) is 11.9. The molecule has 0 spiro atoms. The fourth-order valence-electron chi connectivity index (χ4n) is 3.16. The monoisotopic (exact) mass is 420 g/mol. The Morgan fingerprint density at radius 3 is 2.63 bits per heavy atom. The van der Waals surface area contributed by atoms with Gasteiger partial charge >= 0.3 is 5.97 Å². The molecular weight excluding hydrogens is 400 g/mol. The zero-order chi connectivity index (χ0) is 21.1. The summed E-state index contributed by atoms with van der Waals surface area (Å²) in [6.45, 7) is 4.14. The van der Waals surface area contributed by atoms with Crippen LogP contribution in [0.15, 0.2) is 53.8 Å². The maximum absolute atomic E-state index is 12.9. The lowest BCUT2D eigenvalue weighted by molar-refractivity contribution is -0.143. The average molecular weight is 420 g/mol. The first-order valence-electron chi connectivity index (χ1n) is 9.66. The Bertz CT molecular complexity index is 1320. The summed E-state index contributed by atoms with van der Waals surface area (Å²) < 4.78 is 7.80. The third kappa shape index (κ3) is 3.99. The maximum Gasteiger partial charge on any atom is 0.326 e. The van der Waals surface area contributed by atoms with Crippen molar-refractivity contribution in [3.63, 3.8) is 0 Å². The van der Waals surface area contributed by atoms with E-state index in [4.69, 9.17) is 4.74 Å². The quantitative estimate of drug-likeness (QED) is 0.461. The second-order valence-corrected chi connectivity index (χ2v) is 7.62. The van der Waals surface area contributed by atoms with Crippen LogP contribution in [0.2, 0.25) is 0 Å². The van der Waals surface area contributed by atoms with E-state index in [1.807, 2.05) is 12.1 Å². The van der Waals surface area contributed by atoms with Crippen molar-refractivity contribution < 1.29 is 14.3 Å². The minimum atomic E-state index is -0.401. The average Bonchev–Trinajstić information content (AvgIpc) is 3.09. The maximum atomic E-state index is 12.9. The number of hydrogen-bond donors (Lipinski definition) is 0. The van der Waals surface area contributed by atoms with Gasteiger partial charge in [-0.05, 0) is 49.2 Å². The first-order valence-corrected chi connectivity index (χ1v) is 10.5. The molecule has 0 aliphatic heterocycles. The van der Waals surface area contributed by atoms with Crippen molar-refractivity contribution in [1.29, 1.82) is 0 Å². The van der Waals surface area contributed by atoms with Crippen molar-refractivity contribution in [2.45, 2.75) is 26.8 Å². The number of carbonyl (C=O) groups excluding carboxylic acids is 2. The number of esters is 1. The molecule has 1 amide bonds. The Hall–Kier alpha value is -3.39. The molecule has 0 unspecified atom stereocenters. The highest BCUT2D eigenvalue weighted by molar-refractivity contribution is 7.16. The predicted molar refractivity (Wildman–Crippen MR) is 115 cm³/mol. The van der Waals surface area contributed by atoms with Gasteiger partial charge in [-0.3, -0.25) is 19.6 Å². The molecule has 0 fully saturated rings. The zero-order valence-corrected chi connectivity index (χ0v) is 17.5. The number of carbonyl (C=O) groups is 2. The number of fused-ring (bicyclic) bond motifs is 2. The molecule has 7 nitrogen and oxygen atoms in total. The predicted octanol–water partition coefficient (Wildman–Crippen LogP) is 3.51. The fraction of sp³-hybridized carbons (Fsp3) is 0.227. The van der Waals surface area contributed by atoms with E-state index in [9.17, 15) is 9.59 Å². The molecule has 2 aromatic heterocycles. The van der Waals surface area contributed by atoms with Crippen molar-refractivity contribution in [2.75, 3.05) is 6.61 Å². The number of rotatable bonds is 5. The summed E-state index contributed by atoms with van der Waals surface area (Å²) in [4.78, 5) is 38.3. The minimum Gasteiger partial charge on any atom is -0.465 e. The summed E-state index contributed by atoms with van der Waals surface area (Å²) in [5, 5.41) is 0. The molecular formula is C22H20N4O3S. The van der Waals surface area contributed by atoms with Gasteiger partial charge in [0.05, 0.1) is 27.9 Å². The Morgan fingerprint density at radius 2 is 1.87 bits per heavy atom. The number of hydrogen-bond acceptors (Lipinski definition) is 6. The number of nitrogens with zero attached hydrogens (tertiary/aromatic N) is 4. The van der Waals surface area contributed by atoms with Crippen LogP contribution >= 0.6 is 11.3 Å². The number of amides is 1. The van der Waals surface area contributed by atoms with Gasteiger partial charge in [0.25, 0.3) is 5.91 Å². The first-order chi connectivity index (χ1) is 14.6. The number of benzene rings is 2. The molecule has 152 valence electrons. The van der Waals surface area contributed by atoms with E-state index in [2.05, 4.69) is 28.0 Å². The van der Waals surface area contributed by atoms with Crippen LogP contribution in [0.4, 0.5) is 0 Å². The highest BCUT2D eigenvalue weighted by atomic mass is 32.1. The van der Waals surface area contributed by atoms with Crippen LogP contribution in [-0.4, -0.2) is 33.0 Å². The van der Waals surface area contributed by atoms with Crippen LogP contribution in [0.3, 0.4) is 0 Å². The van der Waals surface area contributed by atoms with Crippen LogP contribution in [-0.2, 0) is 22.5 Å². The van der Waals surface area contributed by atoms with Gasteiger partial charge in [-0.25, -0.2) is 0 Å². The van der Waals surface area contributed by atoms with E-state index >= 15 is 0 Å². The summed E-state index contributed by atoms with van der Waals surface area (Å²) in [5.41, 5.74) is 3.78. The van der Waals surface area contributed by atoms with E-state index in [-0.39, 0.29) is 12.5 Å². The lowest BCUT2D eigenvalue weighted by Gasteiger charge is -2.05. The van der Waals surface area contributed by atoms with Gasteiger partial charge in [0, 0.05) is 18.0 Å². The summed E-state index contributed by atoms with van der Waals surface area (Å²) in [6, 6.07) is 11.1. The first kappa shape index (κ1) is 19.9. The van der Waals surface area contributed by atoms with E-state index in [0.717, 1.165) is 16.6 Å². The molecule has 2 heterocycles. The molecule has 0 atom stereocenters. The van der Waals surface area contributed by atoms with Crippen molar-refractivity contribution >= 4 is 44.5 Å². The SMILES string of the molecule is CCOC(=O)Cn1c(=NC(=O)c2ccc3nccnc3c2)sc2cc(CC)ccc21. The fourth-order valence-corrected chi connectivity index (χ4v) is 4.25. The molecule has 0 saturated heterocycles. The molecule has 4 aromatic rings. The molecule has 8 heteroatoms. The molecule has 0 aliphatic rings. The third-order valence-corrected chi connectivity index (χ3v) is 5.70. The van der Waals surface area contributed by atoms with Crippen LogP contribution < -0.4 is 4.80 Å². The minimum absolute atomic E-state index is 0.00534. The van der Waals surface area contributed by atoms with Crippen LogP contribution in [0, 0.1) is 0 Å². The van der Waals surface area contributed by atoms with Gasteiger partial charge in [-0.15, -0.1) is 0 Å². The van der Waals surface area contributed by atoms with Gasteiger partial charge in [0.1, 0.15) is 6.54 Å². The summed E-state index contributed by atoms with van der Waals surface area (Å²) in [7, 11) is 0. The Labute approximate surface area is 176 Å². The van der Waals surface area contributed by atoms with E-state index < -0.39 is 5.91 Å². The lowest BCUT2D eigenvalue weighted by Crippen LogP contribution is -2.23. The molecule has 2 aromatic carbocycles. The molecule has 0 saturated carbocycles. The van der Waals surface area contributed by atoms with Gasteiger partial charge in [0.15, 0.2) is 4.80 Å². The van der Waals surface area contributed by atoms with Crippen molar-refractivity contribution in [2.24, 2.45) is 4.99 Å².